The van der Waals surface area contributed by atoms with Gasteiger partial charge in [-0.25, -0.2) is 0 Å². The van der Waals surface area contributed by atoms with Gasteiger partial charge in [0, 0.05) is 5.92 Å². The summed E-state index contributed by atoms with van der Waals surface area (Å²) in [6, 6.07) is 21.8. The van der Waals surface area contributed by atoms with Crippen LogP contribution in [0.5, 0.6) is 5.75 Å². The number of hydrogen-bond acceptors (Lipinski definition) is 4. The van der Waals surface area contributed by atoms with Gasteiger partial charge in [-0.15, -0.1) is 0 Å². The lowest BCUT2D eigenvalue weighted by Gasteiger charge is -2.34. The maximum absolute atomic E-state index is 13.3. The Hall–Kier alpha value is -3.01. The Balaban J connectivity index is 1.67. The van der Waals surface area contributed by atoms with Gasteiger partial charge < -0.3 is 4.74 Å². The lowest BCUT2D eigenvalue weighted by molar-refractivity contribution is 0.0760. The Morgan fingerprint density at radius 1 is 0.960 bits per heavy atom. The minimum Gasteiger partial charge on any atom is -0.490 e. The molecule has 0 bridgehead atoms. The molecule has 0 N–H and O–H groups in total. The van der Waals surface area contributed by atoms with Crippen molar-refractivity contribution in [1.82, 2.24) is 0 Å². The van der Waals surface area contributed by atoms with Crippen LogP contribution in [-0.4, -0.2) is 24.5 Å². The fourth-order valence-electron chi connectivity index (χ4n) is 3.98. The second-order valence-electron chi connectivity index (χ2n) is 6.58. The molecule has 5 rings (SSSR count). The van der Waals surface area contributed by atoms with Crippen LogP contribution in [0, 0.1) is 0 Å². The van der Waals surface area contributed by atoms with E-state index in [2.05, 4.69) is 34.5 Å². The Morgan fingerprint density at radius 3 is 2.72 bits per heavy atom. The van der Waals surface area contributed by atoms with Gasteiger partial charge in [-0.2, -0.15) is 10.2 Å². The minimum atomic E-state index is -0.960. The molecule has 4 heteroatoms. The highest BCUT2D eigenvalue weighted by molar-refractivity contribution is 6.07. The van der Waals surface area contributed by atoms with E-state index >= 15 is 0 Å². The van der Waals surface area contributed by atoms with Crippen molar-refractivity contribution in [2.24, 2.45) is 10.2 Å². The molecule has 0 fully saturated rings. The van der Waals surface area contributed by atoms with Gasteiger partial charge in [-0.3, -0.25) is 4.79 Å². The molecule has 2 aliphatic rings. The summed E-state index contributed by atoms with van der Waals surface area (Å²) in [4.78, 5) is 13.3. The number of hydrogen-bond donors (Lipinski definition) is 0. The molecule has 1 spiro atoms. The molecule has 0 saturated heterocycles. The van der Waals surface area contributed by atoms with Crippen LogP contribution in [0.4, 0.5) is 0 Å². The molecule has 2 heterocycles. The van der Waals surface area contributed by atoms with E-state index in [1.54, 1.807) is 0 Å². The monoisotopic (exact) mass is 328 g/mol. The van der Waals surface area contributed by atoms with Gasteiger partial charge in [0.1, 0.15) is 12.4 Å². The Morgan fingerprint density at radius 2 is 1.76 bits per heavy atom. The number of carbonyl (C=O) groups is 1. The molecule has 0 aromatic heterocycles. The summed E-state index contributed by atoms with van der Waals surface area (Å²) in [6.45, 7) is 0.742. The highest BCUT2D eigenvalue weighted by Gasteiger charge is 2.54. The second kappa shape index (κ2) is 5.24. The van der Waals surface area contributed by atoms with Crippen molar-refractivity contribution in [3.8, 4) is 5.75 Å². The van der Waals surface area contributed by atoms with Crippen LogP contribution in [0.1, 0.15) is 21.8 Å². The number of Topliss-reactive ketones (excluding diaryl/α,β-unsaturated/α-hetero) is 1. The van der Waals surface area contributed by atoms with Gasteiger partial charge >= 0.3 is 0 Å². The third-order valence-electron chi connectivity index (χ3n) is 5.26. The number of carbonyl (C=O) groups excluding carboxylic acids is 1. The van der Waals surface area contributed by atoms with Gasteiger partial charge in [0.15, 0.2) is 11.3 Å². The normalized spacial score (nSPS) is 24.5. The smallest absolute Gasteiger partial charge is 0.200 e. The standard InChI is InChI=1S/C21H16N2O2/c24-20-17-9-3-4-11-19(17)25-13-21(20)18(12-22-23-21)16-10-5-7-14-6-1-2-8-15(14)16/h1-11,18H,12-13H2/t18-,21?/m0/s1. The number of rotatable bonds is 1. The van der Waals surface area contributed by atoms with Crippen LogP contribution < -0.4 is 4.74 Å². The molecule has 0 saturated carbocycles. The zero-order valence-corrected chi connectivity index (χ0v) is 13.6. The maximum Gasteiger partial charge on any atom is 0.200 e. The van der Waals surface area contributed by atoms with Gasteiger partial charge in [-0.1, -0.05) is 54.6 Å². The Bertz CT molecular complexity index is 1020. The molecule has 0 aliphatic carbocycles. The van der Waals surface area contributed by atoms with E-state index in [4.69, 9.17) is 4.74 Å². The van der Waals surface area contributed by atoms with E-state index in [9.17, 15) is 4.79 Å². The summed E-state index contributed by atoms with van der Waals surface area (Å²) in [6.07, 6.45) is 0. The summed E-state index contributed by atoms with van der Waals surface area (Å²) in [7, 11) is 0. The van der Waals surface area contributed by atoms with Crippen molar-refractivity contribution in [2.75, 3.05) is 13.2 Å². The highest BCUT2D eigenvalue weighted by Crippen LogP contribution is 2.45. The first-order valence-corrected chi connectivity index (χ1v) is 8.42. The van der Waals surface area contributed by atoms with E-state index in [-0.39, 0.29) is 18.3 Å². The number of fused-ring (bicyclic) bond motifs is 2. The molecule has 3 aromatic carbocycles. The topological polar surface area (TPSA) is 51.0 Å². The summed E-state index contributed by atoms with van der Waals surface area (Å²) in [5.74, 6) is 0.532. The Labute approximate surface area is 145 Å². The molecule has 3 aromatic rings. The van der Waals surface area contributed by atoms with Crippen LogP contribution in [0.25, 0.3) is 10.8 Å². The van der Waals surface area contributed by atoms with Crippen LogP contribution in [-0.2, 0) is 0 Å². The van der Waals surface area contributed by atoms with Crippen molar-refractivity contribution in [2.45, 2.75) is 11.5 Å². The van der Waals surface area contributed by atoms with Crippen LogP contribution in [0.2, 0.25) is 0 Å². The van der Waals surface area contributed by atoms with Gasteiger partial charge in [0.2, 0.25) is 0 Å². The van der Waals surface area contributed by atoms with Crippen molar-refractivity contribution in [3.05, 3.63) is 77.9 Å². The fourth-order valence-corrected chi connectivity index (χ4v) is 3.98. The lowest BCUT2D eigenvalue weighted by atomic mass is 9.74. The summed E-state index contributed by atoms with van der Waals surface area (Å²) >= 11 is 0. The molecule has 122 valence electrons. The van der Waals surface area contributed by atoms with E-state index in [1.165, 1.54) is 0 Å². The average Bonchev–Trinajstić information content (AvgIpc) is 3.09. The van der Waals surface area contributed by atoms with Gasteiger partial charge in [0.25, 0.3) is 0 Å². The molecule has 1 unspecified atom stereocenters. The van der Waals surface area contributed by atoms with Gasteiger partial charge in [0.05, 0.1) is 12.1 Å². The molecular weight excluding hydrogens is 312 g/mol. The molecule has 2 atom stereocenters. The number of para-hydroxylation sites is 1. The Kier molecular flexibility index (Phi) is 3.01. The summed E-state index contributed by atoms with van der Waals surface area (Å²) < 4.78 is 5.92. The predicted molar refractivity (Wildman–Crippen MR) is 95.4 cm³/mol. The zero-order valence-electron chi connectivity index (χ0n) is 13.6. The largest absolute Gasteiger partial charge is 0.490 e. The van der Waals surface area contributed by atoms with Crippen molar-refractivity contribution >= 4 is 16.6 Å². The van der Waals surface area contributed by atoms with Crippen LogP contribution in [0.15, 0.2) is 77.0 Å². The number of azo groups is 1. The van der Waals surface area contributed by atoms with Gasteiger partial charge in [-0.05, 0) is 28.5 Å². The third kappa shape index (κ3) is 1.97. The molecule has 25 heavy (non-hydrogen) atoms. The minimum absolute atomic E-state index is 0.00790. The molecule has 4 nitrogen and oxygen atoms in total. The lowest BCUT2D eigenvalue weighted by Crippen LogP contribution is -2.49. The van der Waals surface area contributed by atoms with E-state index in [1.807, 2.05) is 42.5 Å². The predicted octanol–water partition coefficient (Wildman–Crippen LogP) is 4.40. The fraction of sp³-hybridized carbons (Fsp3) is 0.190. The van der Waals surface area contributed by atoms with E-state index < -0.39 is 5.54 Å². The average molecular weight is 328 g/mol. The molecular formula is C21H16N2O2. The zero-order chi connectivity index (χ0) is 16.9. The second-order valence-corrected chi connectivity index (χ2v) is 6.58. The van der Waals surface area contributed by atoms with E-state index in [0.717, 1.165) is 16.3 Å². The van der Waals surface area contributed by atoms with Crippen LogP contribution >= 0.6 is 0 Å². The molecule has 0 amide bonds. The highest BCUT2D eigenvalue weighted by atomic mass is 16.5. The first-order valence-electron chi connectivity index (χ1n) is 8.42. The SMILES string of the molecule is O=C1c2ccccc2OCC12N=NC[C@H]2c1cccc2ccccc12. The molecule has 2 aliphatic heterocycles. The summed E-state index contributed by atoms with van der Waals surface area (Å²) in [5.41, 5.74) is 0.748. The first-order chi connectivity index (χ1) is 12.3. The number of ketones is 1. The molecule has 0 radical (unpaired) electrons. The van der Waals surface area contributed by atoms with Crippen molar-refractivity contribution in [3.63, 3.8) is 0 Å². The van der Waals surface area contributed by atoms with Crippen LogP contribution in [0.3, 0.4) is 0 Å². The van der Waals surface area contributed by atoms with E-state index in [0.29, 0.717) is 17.9 Å². The summed E-state index contributed by atoms with van der Waals surface area (Å²) in [5, 5.41) is 11.0. The quantitative estimate of drug-likeness (QED) is 0.664. The number of ether oxygens (including phenoxy) is 1. The first kappa shape index (κ1) is 14.3. The van der Waals surface area contributed by atoms with Crippen molar-refractivity contribution < 1.29 is 9.53 Å². The third-order valence-corrected chi connectivity index (χ3v) is 5.26. The maximum atomic E-state index is 13.3. The number of nitrogens with zero attached hydrogens (tertiary/aromatic N) is 2. The number of benzene rings is 3. The van der Waals surface area contributed by atoms with Crippen molar-refractivity contribution in [1.29, 1.82) is 0 Å².